The van der Waals surface area contributed by atoms with Gasteiger partial charge in [0.05, 0.1) is 29.3 Å². The fourth-order valence-corrected chi connectivity index (χ4v) is 4.30. The number of halogens is 1. The molecule has 1 aliphatic heterocycles. The van der Waals surface area contributed by atoms with E-state index in [1.54, 1.807) is 6.07 Å². The Kier molecular flexibility index (Phi) is 6.30. The van der Waals surface area contributed by atoms with E-state index in [0.29, 0.717) is 11.6 Å². The van der Waals surface area contributed by atoms with E-state index in [1.807, 2.05) is 41.9 Å². The van der Waals surface area contributed by atoms with Crippen LogP contribution < -0.4 is 10.2 Å². The van der Waals surface area contributed by atoms with Gasteiger partial charge in [0.25, 0.3) is 0 Å². The number of rotatable bonds is 5. The van der Waals surface area contributed by atoms with Crippen molar-refractivity contribution in [2.24, 2.45) is 0 Å². The molecule has 2 aromatic carbocycles. The van der Waals surface area contributed by atoms with Crippen molar-refractivity contribution in [2.45, 2.75) is 20.8 Å². The van der Waals surface area contributed by atoms with Gasteiger partial charge in [-0.15, -0.1) is 0 Å². The van der Waals surface area contributed by atoms with E-state index in [4.69, 9.17) is 16.7 Å². The van der Waals surface area contributed by atoms with E-state index in [2.05, 4.69) is 41.1 Å². The number of hydrogen-bond donors (Lipinski definition) is 1. The largest absolute Gasteiger partial charge is 0.366 e. The van der Waals surface area contributed by atoms with E-state index in [-0.39, 0.29) is 5.91 Å². The Morgan fingerprint density at radius 1 is 1.03 bits per heavy atom. The summed E-state index contributed by atoms with van der Waals surface area (Å²) >= 11 is 6.16. The van der Waals surface area contributed by atoms with Crippen LogP contribution in [0.3, 0.4) is 0 Å². The predicted molar refractivity (Wildman–Crippen MR) is 127 cm³/mol. The van der Waals surface area contributed by atoms with Crippen LogP contribution in [-0.2, 0) is 4.79 Å². The maximum absolute atomic E-state index is 12.5. The number of carbonyl (C=O) groups excluding carboxylic acids is 1. The lowest BCUT2D eigenvalue weighted by molar-refractivity contribution is -0.117. The molecule has 1 amide bonds. The highest BCUT2D eigenvalue weighted by Gasteiger charge is 2.24. The molecule has 4 rings (SSSR count). The molecule has 6 nitrogen and oxygen atoms in total. The van der Waals surface area contributed by atoms with Crippen molar-refractivity contribution < 1.29 is 4.79 Å². The van der Waals surface area contributed by atoms with Crippen molar-refractivity contribution in [1.82, 2.24) is 14.7 Å². The van der Waals surface area contributed by atoms with Gasteiger partial charge in [0, 0.05) is 36.9 Å². The first-order valence-electron chi connectivity index (χ1n) is 10.6. The highest BCUT2D eigenvalue weighted by atomic mass is 35.5. The first-order chi connectivity index (χ1) is 14.9. The van der Waals surface area contributed by atoms with Crippen LogP contribution in [0.5, 0.6) is 0 Å². The normalized spacial score (nSPS) is 14.6. The molecule has 0 atom stereocenters. The fraction of sp³-hybridized carbons (Fsp3) is 0.333. The molecule has 7 heteroatoms. The van der Waals surface area contributed by atoms with Crippen LogP contribution in [0.1, 0.15) is 17.0 Å². The molecule has 0 aliphatic carbocycles. The van der Waals surface area contributed by atoms with Gasteiger partial charge in [-0.25, -0.2) is 4.68 Å². The van der Waals surface area contributed by atoms with Crippen LogP contribution >= 0.6 is 11.6 Å². The summed E-state index contributed by atoms with van der Waals surface area (Å²) in [5.41, 5.74) is 6.17. The van der Waals surface area contributed by atoms with Gasteiger partial charge < -0.3 is 10.2 Å². The smallest absolute Gasteiger partial charge is 0.238 e. The molecule has 0 saturated carbocycles. The van der Waals surface area contributed by atoms with Gasteiger partial charge in [0.2, 0.25) is 5.91 Å². The molecule has 0 spiro atoms. The molecule has 1 aromatic heterocycles. The summed E-state index contributed by atoms with van der Waals surface area (Å²) < 4.78 is 2.01. The van der Waals surface area contributed by atoms with E-state index >= 15 is 0 Å². The van der Waals surface area contributed by atoms with Crippen LogP contribution in [0, 0.1) is 20.8 Å². The Hall–Kier alpha value is -2.83. The number of carbonyl (C=O) groups is 1. The molecule has 0 radical (unpaired) electrons. The summed E-state index contributed by atoms with van der Waals surface area (Å²) in [4.78, 5) is 17.0. The Balaban J connectivity index is 1.36. The zero-order chi connectivity index (χ0) is 22.0. The van der Waals surface area contributed by atoms with E-state index in [0.717, 1.165) is 54.5 Å². The Morgan fingerprint density at radius 2 is 1.74 bits per heavy atom. The molecular weight excluding hydrogens is 410 g/mol. The highest BCUT2D eigenvalue weighted by Crippen LogP contribution is 2.27. The van der Waals surface area contributed by atoms with E-state index in [9.17, 15) is 4.79 Å². The number of anilines is 2. The number of nitrogens with one attached hydrogen (secondary N) is 1. The van der Waals surface area contributed by atoms with Gasteiger partial charge >= 0.3 is 0 Å². The molecule has 0 unspecified atom stereocenters. The zero-order valence-corrected chi connectivity index (χ0v) is 19.0. The van der Waals surface area contributed by atoms with Crippen LogP contribution in [0.4, 0.5) is 11.4 Å². The second-order valence-corrected chi connectivity index (χ2v) is 8.45. The lowest BCUT2D eigenvalue weighted by Crippen LogP contribution is -2.49. The fourth-order valence-electron chi connectivity index (χ4n) is 4.12. The van der Waals surface area contributed by atoms with Gasteiger partial charge in [0.1, 0.15) is 0 Å². The molecular formula is C24H28ClN5O. The first-order valence-corrected chi connectivity index (χ1v) is 10.9. The summed E-state index contributed by atoms with van der Waals surface area (Å²) in [6.45, 7) is 9.90. The zero-order valence-electron chi connectivity index (χ0n) is 18.2. The third kappa shape index (κ3) is 4.75. The molecule has 2 heterocycles. The molecule has 0 bridgehead atoms. The Morgan fingerprint density at radius 3 is 2.42 bits per heavy atom. The second-order valence-electron chi connectivity index (χ2n) is 8.04. The number of nitrogens with zero attached hydrogens (tertiary/aromatic N) is 4. The van der Waals surface area contributed by atoms with E-state index in [1.165, 1.54) is 5.69 Å². The van der Waals surface area contributed by atoms with Crippen LogP contribution in [0.25, 0.3) is 5.69 Å². The standard InChI is InChI=1S/C24H28ClN5O/c1-17-9-10-20(15-22(17)25)26-23(31)16-28-11-13-29(14-12-28)24-18(2)27-30(19(24)3)21-7-5-4-6-8-21/h4-10,15H,11-14,16H2,1-3H3,(H,26,31). The number of amides is 1. The maximum atomic E-state index is 12.5. The minimum absolute atomic E-state index is 0.0161. The summed E-state index contributed by atoms with van der Waals surface area (Å²) in [5.74, 6) is -0.0161. The van der Waals surface area contributed by atoms with E-state index < -0.39 is 0 Å². The number of piperazine rings is 1. The third-order valence-electron chi connectivity index (χ3n) is 5.77. The number of hydrogen-bond acceptors (Lipinski definition) is 4. The monoisotopic (exact) mass is 437 g/mol. The number of benzene rings is 2. The first kappa shape index (κ1) is 21.4. The molecule has 1 N–H and O–H groups in total. The predicted octanol–water partition coefficient (Wildman–Crippen LogP) is 4.21. The van der Waals surface area contributed by atoms with Gasteiger partial charge in [-0.2, -0.15) is 5.10 Å². The SMILES string of the molecule is Cc1ccc(NC(=O)CN2CCN(c3c(C)nn(-c4ccccc4)c3C)CC2)cc1Cl. The maximum Gasteiger partial charge on any atom is 0.238 e. The minimum atomic E-state index is -0.0161. The number of aryl methyl sites for hydroxylation is 2. The third-order valence-corrected chi connectivity index (χ3v) is 6.17. The van der Waals surface area contributed by atoms with Crippen molar-refractivity contribution in [3.8, 4) is 5.69 Å². The molecule has 162 valence electrons. The molecule has 1 fully saturated rings. The van der Waals surface area contributed by atoms with Gasteiger partial charge in [-0.1, -0.05) is 35.9 Å². The Bertz CT molecular complexity index is 1070. The lowest BCUT2D eigenvalue weighted by Gasteiger charge is -2.35. The van der Waals surface area contributed by atoms with Crippen LogP contribution in [-0.4, -0.2) is 53.3 Å². The van der Waals surface area contributed by atoms with Gasteiger partial charge in [-0.3, -0.25) is 9.69 Å². The average Bonchev–Trinajstić information content (AvgIpc) is 3.06. The van der Waals surface area contributed by atoms with Gasteiger partial charge in [-0.05, 0) is 50.6 Å². The minimum Gasteiger partial charge on any atom is -0.366 e. The van der Waals surface area contributed by atoms with Crippen molar-refractivity contribution in [2.75, 3.05) is 42.9 Å². The van der Waals surface area contributed by atoms with Gasteiger partial charge in [0.15, 0.2) is 0 Å². The summed E-state index contributed by atoms with van der Waals surface area (Å²) in [6, 6.07) is 15.8. The lowest BCUT2D eigenvalue weighted by atomic mass is 10.2. The molecule has 1 aliphatic rings. The molecule has 1 saturated heterocycles. The molecule has 3 aromatic rings. The van der Waals surface area contributed by atoms with Crippen molar-refractivity contribution in [3.63, 3.8) is 0 Å². The second kappa shape index (κ2) is 9.12. The highest BCUT2D eigenvalue weighted by molar-refractivity contribution is 6.31. The van der Waals surface area contributed by atoms with Crippen LogP contribution in [0.2, 0.25) is 5.02 Å². The number of aromatic nitrogens is 2. The topological polar surface area (TPSA) is 53.4 Å². The van der Waals surface area contributed by atoms with Crippen molar-refractivity contribution >= 4 is 28.9 Å². The van der Waals surface area contributed by atoms with Crippen LogP contribution in [0.15, 0.2) is 48.5 Å². The molecule has 31 heavy (non-hydrogen) atoms. The average molecular weight is 438 g/mol. The Labute approximate surface area is 188 Å². The summed E-state index contributed by atoms with van der Waals surface area (Å²) in [7, 11) is 0. The van der Waals surface area contributed by atoms with Crippen molar-refractivity contribution in [3.05, 3.63) is 70.5 Å². The number of para-hydroxylation sites is 1. The van der Waals surface area contributed by atoms with Crippen molar-refractivity contribution in [1.29, 1.82) is 0 Å². The summed E-state index contributed by atoms with van der Waals surface area (Å²) in [5, 5.41) is 8.38. The summed E-state index contributed by atoms with van der Waals surface area (Å²) in [6.07, 6.45) is 0. The quantitative estimate of drug-likeness (QED) is 0.649.